The first-order valence-electron chi connectivity index (χ1n) is 9.40. The van der Waals surface area contributed by atoms with Crippen molar-refractivity contribution in [3.8, 4) is 0 Å². The van der Waals surface area contributed by atoms with Gasteiger partial charge in [0.2, 0.25) is 0 Å². The molecule has 1 nitrogen and oxygen atoms in total. The molecular formula is C26H27N. The molecule has 3 rings (SSSR count). The molecule has 0 radical (unpaired) electrons. The molecule has 0 aliphatic rings. The van der Waals surface area contributed by atoms with Gasteiger partial charge < -0.3 is 0 Å². The molecule has 1 heteroatoms. The predicted molar refractivity (Wildman–Crippen MR) is 119 cm³/mol. The van der Waals surface area contributed by atoms with Crippen molar-refractivity contribution in [2.24, 2.45) is 4.99 Å². The monoisotopic (exact) mass is 353 g/mol. The van der Waals surface area contributed by atoms with E-state index in [9.17, 15) is 0 Å². The highest BCUT2D eigenvalue weighted by molar-refractivity contribution is 5.84. The van der Waals surface area contributed by atoms with Crippen LogP contribution < -0.4 is 0 Å². The Labute approximate surface area is 163 Å². The average molecular weight is 354 g/mol. The van der Waals surface area contributed by atoms with Gasteiger partial charge in [0.15, 0.2) is 0 Å². The van der Waals surface area contributed by atoms with E-state index in [1.807, 2.05) is 36.5 Å². The van der Waals surface area contributed by atoms with Crippen molar-refractivity contribution in [1.82, 2.24) is 0 Å². The molecule has 3 aromatic rings. The molecule has 0 fully saturated rings. The zero-order valence-corrected chi connectivity index (χ0v) is 16.6. The maximum atomic E-state index is 4.62. The van der Waals surface area contributed by atoms with Crippen LogP contribution in [-0.2, 0) is 5.41 Å². The summed E-state index contributed by atoms with van der Waals surface area (Å²) in [6, 6.07) is 25.2. The van der Waals surface area contributed by atoms with Crippen LogP contribution in [0.4, 0.5) is 5.69 Å². The molecule has 0 heterocycles. The smallest absolute Gasteiger partial charge is 0.0629 e. The molecule has 0 spiro atoms. The van der Waals surface area contributed by atoms with Gasteiger partial charge in [0.25, 0.3) is 0 Å². The first kappa shape index (κ1) is 18.8. The Kier molecular flexibility index (Phi) is 5.71. The van der Waals surface area contributed by atoms with Crippen molar-refractivity contribution in [3.63, 3.8) is 0 Å². The average Bonchev–Trinajstić information content (AvgIpc) is 2.66. The van der Waals surface area contributed by atoms with Crippen LogP contribution in [0.1, 0.15) is 48.6 Å². The van der Waals surface area contributed by atoms with Crippen molar-refractivity contribution in [2.75, 3.05) is 0 Å². The molecular weight excluding hydrogens is 326 g/mol. The summed E-state index contributed by atoms with van der Waals surface area (Å²) in [4.78, 5) is 4.62. The third-order valence-corrected chi connectivity index (χ3v) is 4.61. The third-order valence-electron chi connectivity index (χ3n) is 4.61. The number of nitrogens with zero attached hydrogens (tertiary/aromatic N) is 1. The second kappa shape index (κ2) is 8.18. The van der Waals surface area contributed by atoms with Crippen LogP contribution in [0.2, 0.25) is 0 Å². The lowest BCUT2D eigenvalue weighted by molar-refractivity contribution is 0.590. The number of benzene rings is 3. The number of aliphatic imine (C=N–C) groups is 1. The van der Waals surface area contributed by atoms with Crippen molar-refractivity contribution in [2.45, 2.75) is 33.1 Å². The molecule has 0 atom stereocenters. The summed E-state index contributed by atoms with van der Waals surface area (Å²) in [5, 5.41) is 0. The van der Waals surface area contributed by atoms with Crippen LogP contribution in [0, 0.1) is 6.92 Å². The van der Waals surface area contributed by atoms with E-state index in [2.05, 4.69) is 87.3 Å². The zero-order chi connectivity index (χ0) is 19.3. The Bertz CT molecular complexity index is 957. The fraction of sp³-hybridized carbons (Fsp3) is 0.192. The maximum absolute atomic E-state index is 4.62. The number of aryl methyl sites for hydroxylation is 1. The summed E-state index contributed by atoms with van der Waals surface area (Å²) in [6.45, 7) is 8.88. The largest absolute Gasteiger partial charge is 0.256 e. The fourth-order valence-electron chi connectivity index (χ4n) is 2.90. The minimum atomic E-state index is 0.0852. The van der Waals surface area contributed by atoms with E-state index >= 15 is 0 Å². The Morgan fingerprint density at radius 1 is 0.741 bits per heavy atom. The molecule has 0 unspecified atom stereocenters. The van der Waals surface area contributed by atoms with Crippen molar-refractivity contribution >= 4 is 24.1 Å². The molecule has 0 aliphatic carbocycles. The summed E-state index contributed by atoms with van der Waals surface area (Å²) in [5.41, 5.74) is 7.21. The quantitative estimate of drug-likeness (QED) is 0.347. The summed E-state index contributed by atoms with van der Waals surface area (Å²) in [6.07, 6.45) is 6.34. The molecule has 0 aliphatic heterocycles. The highest BCUT2D eigenvalue weighted by atomic mass is 14.7. The van der Waals surface area contributed by atoms with Crippen LogP contribution in [0.5, 0.6) is 0 Å². The van der Waals surface area contributed by atoms with Gasteiger partial charge in [0.05, 0.1) is 5.69 Å². The van der Waals surface area contributed by atoms with Crippen LogP contribution in [0.3, 0.4) is 0 Å². The number of hydrogen-bond acceptors (Lipinski definition) is 1. The number of para-hydroxylation sites is 1. The van der Waals surface area contributed by atoms with E-state index in [4.69, 9.17) is 0 Å². The Hall–Kier alpha value is -2.93. The zero-order valence-electron chi connectivity index (χ0n) is 16.6. The standard InChI is InChI=1S/C26H27N/c1-20-10-8-9-11-23(20)15-14-21-16-22(18-24(17-21)26(2,3)4)19-27-25-12-6-5-7-13-25/h5-19H,1-4H3/b15-14+,27-19?. The molecule has 27 heavy (non-hydrogen) atoms. The highest BCUT2D eigenvalue weighted by Gasteiger charge is 2.14. The van der Waals surface area contributed by atoms with Crippen LogP contribution in [-0.4, -0.2) is 6.21 Å². The Morgan fingerprint density at radius 2 is 1.41 bits per heavy atom. The molecule has 0 N–H and O–H groups in total. The van der Waals surface area contributed by atoms with Gasteiger partial charge in [0, 0.05) is 6.21 Å². The minimum Gasteiger partial charge on any atom is -0.256 e. The molecule has 0 saturated carbocycles. The Morgan fingerprint density at radius 3 is 2.11 bits per heavy atom. The number of rotatable bonds is 4. The lowest BCUT2D eigenvalue weighted by Crippen LogP contribution is -2.11. The summed E-state index contributed by atoms with van der Waals surface area (Å²) < 4.78 is 0. The van der Waals surface area contributed by atoms with Crippen molar-refractivity contribution < 1.29 is 0 Å². The lowest BCUT2D eigenvalue weighted by Gasteiger charge is -2.20. The topological polar surface area (TPSA) is 12.4 Å². The van der Waals surface area contributed by atoms with E-state index in [0.717, 1.165) is 11.3 Å². The van der Waals surface area contributed by atoms with Crippen LogP contribution in [0.15, 0.2) is 77.8 Å². The highest BCUT2D eigenvalue weighted by Crippen LogP contribution is 2.25. The Balaban J connectivity index is 1.96. The summed E-state index contributed by atoms with van der Waals surface area (Å²) in [5.74, 6) is 0. The van der Waals surface area contributed by atoms with Crippen molar-refractivity contribution in [3.05, 3.63) is 101 Å². The van der Waals surface area contributed by atoms with Crippen LogP contribution in [0.25, 0.3) is 12.2 Å². The third kappa shape index (κ3) is 5.27. The van der Waals surface area contributed by atoms with E-state index in [0.29, 0.717) is 0 Å². The van der Waals surface area contributed by atoms with E-state index in [1.165, 1.54) is 22.3 Å². The molecule has 0 bridgehead atoms. The SMILES string of the molecule is Cc1ccccc1/C=C/c1cc(C=Nc2ccccc2)cc(C(C)(C)C)c1. The molecule has 3 aromatic carbocycles. The van der Waals surface area contributed by atoms with Crippen molar-refractivity contribution in [1.29, 1.82) is 0 Å². The molecule has 136 valence electrons. The maximum Gasteiger partial charge on any atom is 0.0629 e. The van der Waals surface area contributed by atoms with Gasteiger partial charge in [-0.1, -0.05) is 81.5 Å². The first-order valence-corrected chi connectivity index (χ1v) is 9.40. The van der Waals surface area contributed by atoms with Gasteiger partial charge >= 0.3 is 0 Å². The number of hydrogen-bond donors (Lipinski definition) is 0. The van der Waals surface area contributed by atoms with E-state index < -0.39 is 0 Å². The van der Waals surface area contributed by atoms with Gasteiger partial charge in [-0.05, 0) is 64.4 Å². The fourth-order valence-corrected chi connectivity index (χ4v) is 2.90. The van der Waals surface area contributed by atoms with Gasteiger partial charge in [-0.3, -0.25) is 4.99 Å². The second-order valence-corrected chi connectivity index (χ2v) is 7.92. The minimum absolute atomic E-state index is 0.0852. The normalized spacial score (nSPS) is 12.1. The summed E-state index contributed by atoms with van der Waals surface area (Å²) in [7, 11) is 0. The van der Waals surface area contributed by atoms with Gasteiger partial charge in [-0.25, -0.2) is 0 Å². The second-order valence-electron chi connectivity index (χ2n) is 7.92. The summed E-state index contributed by atoms with van der Waals surface area (Å²) >= 11 is 0. The molecule has 0 amide bonds. The predicted octanol–water partition coefficient (Wildman–Crippen LogP) is 7.21. The van der Waals surface area contributed by atoms with Gasteiger partial charge in [-0.2, -0.15) is 0 Å². The lowest BCUT2D eigenvalue weighted by atomic mass is 9.85. The molecule has 0 aromatic heterocycles. The first-order chi connectivity index (χ1) is 12.9. The van der Waals surface area contributed by atoms with Gasteiger partial charge in [0.1, 0.15) is 0 Å². The van der Waals surface area contributed by atoms with Crippen LogP contribution >= 0.6 is 0 Å². The van der Waals surface area contributed by atoms with Gasteiger partial charge in [-0.15, -0.1) is 0 Å². The molecule has 0 saturated heterocycles. The van der Waals surface area contributed by atoms with E-state index in [1.54, 1.807) is 0 Å². The van der Waals surface area contributed by atoms with E-state index in [-0.39, 0.29) is 5.41 Å².